The van der Waals surface area contributed by atoms with E-state index < -0.39 is 97.5 Å². The molecule has 0 aliphatic carbocycles. The molecule has 0 aromatic rings. The van der Waals surface area contributed by atoms with Crippen LogP contribution < -0.4 is 0 Å². The van der Waals surface area contributed by atoms with Crippen LogP contribution in [0.15, 0.2) is 24.3 Å². The van der Waals surface area contributed by atoms with E-state index in [2.05, 4.69) is 58.9 Å². The van der Waals surface area contributed by atoms with Crippen LogP contribution >= 0.6 is 15.6 Å². The highest BCUT2D eigenvalue weighted by molar-refractivity contribution is 7.47. The van der Waals surface area contributed by atoms with Crippen molar-refractivity contribution >= 4 is 39.5 Å². The minimum Gasteiger partial charge on any atom is -0.462 e. The lowest BCUT2D eigenvalue weighted by Gasteiger charge is -2.21. The van der Waals surface area contributed by atoms with Gasteiger partial charge in [-0.1, -0.05) is 290 Å². The number of ether oxygens (including phenoxy) is 4. The molecule has 0 aliphatic heterocycles. The number of hydrogen-bond donors (Lipinski definition) is 3. The Bertz CT molecular complexity index is 1830. The van der Waals surface area contributed by atoms with Crippen molar-refractivity contribution < 1.29 is 80.2 Å². The summed E-state index contributed by atoms with van der Waals surface area (Å²) in [6.07, 6.45) is 53.9. The first-order valence-electron chi connectivity index (χ1n) is 36.5. The molecule has 5 atom stereocenters. The number of aliphatic hydroxyl groups excluding tert-OH is 1. The highest BCUT2D eigenvalue weighted by Gasteiger charge is 2.30. The van der Waals surface area contributed by atoms with Crippen LogP contribution in [0.5, 0.6) is 0 Å². The van der Waals surface area contributed by atoms with Crippen LogP contribution in [0.3, 0.4) is 0 Å². The number of unbranched alkanes of at least 4 members (excludes halogenated alkanes) is 38. The number of esters is 4. The van der Waals surface area contributed by atoms with Crippen molar-refractivity contribution in [1.29, 1.82) is 0 Å². The summed E-state index contributed by atoms with van der Waals surface area (Å²) in [6, 6.07) is 0. The minimum absolute atomic E-state index is 0.101. The molecule has 0 aromatic heterocycles. The molecular formula is C71H134O17P2. The van der Waals surface area contributed by atoms with E-state index in [-0.39, 0.29) is 25.7 Å². The average molecular weight is 1320 g/mol. The Morgan fingerprint density at radius 2 is 0.600 bits per heavy atom. The monoisotopic (exact) mass is 1320 g/mol. The van der Waals surface area contributed by atoms with Crippen LogP contribution in [-0.4, -0.2) is 96.7 Å². The van der Waals surface area contributed by atoms with Crippen molar-refractivity contribution in [2.24, 2.45) is 5.92 Å². The van der Waals surface area contributed by atoms with Crippen molar-refractivity contribution in [3.05, 3.63) is 24.3 Å². The Balaban J connectivity index is 5.19. The van der Waals surface area contributed by atoms with Crippen LogP contribution in [-0.2, 0) is 65.4 Å². The zero-order valence-corrected chi connectivity index (χ0v) is 59.5. The summed E-state index contributed by atoms with van der Waals surface area (Å²) in [5, 5.41) is 10.6. The summed E-state index contributed by atoms with van der Waals surface area (Å²) >= 11 is 0. The molecule has 17 nitrogen and oxygen atoms in total. The van der Waals surface area contributed by atoms with Gasteiger partial charge in [-0.15, -0.1) is 0 Å². The van der Waals surface area contributed by atoms with Gasteiger partial charge in [-0.3, -0.25) is 37.3 Å². The molecule has 3 N–H and O–H groups in total. The van der Waals surface area contributed by atoms with Crippen molar-refractivity contribution in [2.45, 2.75) is 361 Å². The topological polar surface area (TPSA) is 237 Å². The maximum Gasteiger partial charge on any atom is 0.472 e. The van der Waals surface area contributed by atoms with Gasteiger partial charge in [-0.2, -0.15) is 0 Å². The number of carbonyl (C=O) groups excluding carboxylic acids is 4. The van der Waals surface area contributed by atoms with E-state index >= 15 is 0 Å². The summed E-state index contributed by atoms with van der Waals surface area (Å²) in [4.78, 5) is 72.3. The Morgan fingerprint density at radius 3 is 0.911 bits per heavy atom. The Labute approximate surface area is 548 Å². The van der Waals surface area contributed by atoms with Gasteiger partial charge in [0, 0.05) is 25.7 Å². The summed E-state index contributed by atoms with van der Waals surface area (Å²) in [5.74, 6) is -1.36. The van der Waals surface area contributed by atoms with Gasteiger partial charge in [-0.05, 0) is 57.3 Å². The van der Waals surface area contributed by atoms with Crippen LogP contribution in [0.2, 0.25) is 0 Å². The molecule has 0 saturated heterocycles. The van der Waals surface area contributed by atoms with Gasteiger partial charge < -0.3 is 33.8 Å². The molecular weight excluding hydrogens is 1190 g/mol. The third kappa shape index (κ3) is 64.3. The van der Waals surface area contributed by atoms with Gasteiger partial charge in [0.05, 0.1) is 26.4 Å². The van der Waals surface area contributed by atoms with Gasteiger partial charge >= 0.3 is 39.5 Å². The van der Waals surface area contributed by atoms with E-state index in [0.717, 1.165) is 121 Å². The van der Waals surface area contributed by atoms with Crippen LogP contribution in [0.25, 0.3) is 0 Å². The van der Waals surface area contributed by atoms with Gasteiger partial charge in [0.15, 0.2) is 12.2 Å². The molecule has 0 radical (unpaired) electrons. The first-order chi connectivity index (χ1) is 43.5. The number of hydrogen-bond acceptors (Lipinski definition) is 15. The molecule has 0 heterocycles. The van der Waals surface area contributed by atoms with E-state index in [1.165, 1.54) is 141 Å². The molecule has 19 heteroatoms. The number of phosphoric acid groups is 2. The zero-order chi connectivity index (χ0) is 66.3. The predicted molar refractivity (Wildman–Crippen MR) is 363 cm³/mol. The fourth-order valence-electron chi connectivity index (χ4n) is 10.3. The average Bonchev–Trinajstić information content (AvgIpc) is 2.95. The molecule has 2 unspecified atom stereocenters. The van der Waals surface area contributed by atoms with E-state index in [9.17, 15) is 43.2 Å². The van der Waals surface area contributed by atoms with E-state index in [0.29, 0.717) is 25.7 Å². The second kappa shape index (κ2) is 63.9. The summed E-state index contributed by atoms with van der Waals surface area (Å²) in [5.41, 5.74) is 0. The van der Waals surface area contributed by atoms with E-state index in [1.54, 1.807) is 0 Å². The SMILES string of the molecule is CCCCCC/C=C\C=C/CCCCCCCC(=O)OC[C@H](COP(=O)(O)OC[C@@H](O)COP(=O)(O)OC[C@@H](COC(=O)CCCCCCC)OC(=O)CCCCCCCCCCCCCC)OC(=O)CCCCCCCCCCCCCCCCCC(C)C. The number of aliphatic hydroxyl groups is 1. The quantitative estimate of drug-likeness (QED) is 0.0169. The number of phosphoric ester groups is 2. The molecule has 0 amide bonds. The third-order valence-corrected chi connectivity index (χ3v) is 17.8. The Hall–Kier alpha value is -2.46. The maximum absolute atomic E-state index is 13.0. The number of carbonyl (C=O) groups is 4. The van der Waals surface area contributed by atoms with Gasteiger partial charge in [0.25, 0.3) is 0 Å². The standard InChI is InChI=1S/C71H134O17P2/c1-6-9-12-15-17-19-21-23-25-29-33-36-40-45-50-55-69(74)82-61-67(88-71(76)57-52-47-42-38-34-30-27-24-26-28-31-35-39-44-48-53-64(4)5)63-86-90(79,80)84-59-65(72)58-83-89(77,78)85-62-66(60-81-68(73)54-49-43-14-11-8-3)87-70(75)56-51-46-41-37-32-22-20-18-16-13-10-7-2/h19,21,23,25,64-67,72H,6-18,20,22,24,26-63H2,1-5H3,(H,77,78)(H,79,80)/b21-19-,25-23-/t65-,66+,67+/m0/s1. The largest absolute Gasteiger partial charge is 0.472 e. The van der Waals surface area contributed by atoms with Crippen molar-refractivity contribution in [2.75, 3.05) is 39.6 Å². The maximum atomic E-state index is 13.0. The first-order valence-corrected chi connectivity index (χ1v) is 39.4. The molecule has 0 aliphatic rings. The molecule has 0 spiro atoms. The van der Waals surface area contributed by atoms with Gasteiger partial charge in [0.2, 0.25) is 0 Å². The Kier molecular flexibility index (Phi) is 62.2. The molecule has 0 saturated carbocycles. The van der Waals surface area contributed by atoms with Crippen LogP contribution in [0.4, 0.5) is 0 Å². The Morgan fingerprint density at radius 1 is 0.344 bits per heavy atom. The lowest BCUT2D eigenvalue weighted by atomic mass is 10.0. The van der Waals surface area contributed by atoms with Gasteiger partial charge in [0.1, 0.15) is 19.3 Å². The normalized spacial score (nSPS) is 14.2. The molecule has 0 fully saturated rings. The smallest absolute Gasteiger partial charge is 0.462 e. The zero-order valence-electron chi connectivity index (χ0n) is 57.8. The summed E-state index contributed by atoms with van der Waals surface area (Å²) in [7, 11) is -9.90. The summed E-state index contributed by atoms with van der Waals surface area (Å²) in [6.45, 7) is 7.12. The second-order valence-electron chi connectivity index (χ2n) is 25.4. The van der Waals surface area contributed by atoms with Crippen LogP contribution in [0, 0.1) is 5.92 Å². The summed E-state index contributed by atoms with van der Waals surface area (Å²) < 4.78 is 68.1. The minimum atomic E-state index is -4.96. The molecule has 0 rings (SSSR count). The van der Waals surface area contributed by atoms with E-state index in [1.807, 2.05) is 0 Å². The van der Waals surface area contributed by atoms with E-state index in [4.69, 9.17) is 37.0 Å². The number of rotatable bonds is 69. The number of allylic oxidation sites excluding steroid dienone is 4. The van der Waals surface area contributed by atoms with Crippen molar-refractivity contribution in [1.82, 2.24) is 0 Å². The molecule has 0 bridgehead atoms. The van der Waals surface area contributed by atoms with Crippen LogP contribution in [0.1, 0.15) is 343 Å². The second-order valence-corrected chi connectivity index (χ2v) is 28.3. The fraction of sp³-hybridized carbons (Fsp3) is 0.887. The molecule has 90 heavy (non-hydrogen) atoms. The fourth-order valence-corrected chi connectivity index (χ4v) is 11.9. The first kappa shape index (κ1) is 87.5. The van der Waals surface area contributed by atoms with Crippen molar-refractivity contribution in [3.63, 3.8) is 0 Å². The molecule has 0 aromatic carbocycles. The highest BCUT2D eigenvalue weighted by Crippen LogP contribution is 2.45. The highest BCUT2D eigenvalue weighted by atomic mass is 31.2. The lowest BCUT2D eigenvalue weighted by molar-refractivity contribution is -0.161. The third-order valence-electron chi connectivity index (χ3n) is 15.9. The predicted octanol–water partition coefficient (Wildman–Crippen LogP) is 20.1. The molecule has 530 valence electrons. The van der Waals surface area contributed by atoms with Crippen molar-refractivity contribution in [3.8, 4) is 0 Å². The van der Waals surface area contributed by atoms with Gasteiger partial charge in [-0.25, -0.2) is 9.13 Å². The lowest BCUT2D eigenvalue weighted by Crippen LogP contribution is -2.30.